The SMILES string of the molecule is C=CC(=O)OC(=CCC(C)(C)C)C(=O)OC. The molecule has 0 aliphatic rings. The summed E-state index contributed by atoms with van der Waals surface area (Å²) in [5.74, 6) is -1.44. The molecule has 0 spiro atoms. The highest BCUT2D eigenvalue weighted by Gasteiger charge is 2.16. The lowest BCUT2D eigenvalue weighted by Crippen LogP contribution is -2.13. The predicted molar refractivity (Wildman–Crippen MR) is 60.5 cm³/mol. The van der Waals surface area contributed by atoms with Gasteiger partial charge in [0.2, 0.25) is 5.76 Å². The minimum Gasteiger partial charge on any atom is -0.463 e. The molecule has 0 rings (SSSR count). The van der Waals surface area contributed by atoms with Crippen LogP contribution in [0.2, 0.25) is 0 Å². The zero-order chi connectivity index (χ0) is 12.8. The molecule has 4 nitrogen and oxygen atoms in total. The van der Waals surface area contributed by atoms with E-state index in [-0.39, 0.29) is 11.2 Å². The number of rotatable bonds is 4. The molecule has 0 aromatic rings. The number of methoxy groups -OCH3 is 1. The summed E-state index contributed by atoms with van der Waals surface area (Å²) in [7, 11) is 1.23. The Hall–Kier alpha value is -1.58. The third-order valence-corrected chi connectivity index (χ3v) is 1.66. The van der Waals surface area contributed by atoms with Gasteiger partial charge in [0.15, 0.2) is 0 Å². The van der Waals surface area contributed by atoms with E-state index in [9.17, 15) is 9.59 Å². The Morgan fingerprint density at radius 1 is 1.31 bits per heavy atom. The van der Waals surface area contributed by atoms with Crippen molar-refractivity contribution in [3.8, 4) is 0 Å². The molecule has 0 unspecified atom stereocenters. The fraction of sp³-hybridized carbons (Fsp3) is 0.500. The molecule has 0 N–H and O–H groups in total. The molecule has 4 heteroatoms. The maximum absolute atomic E-state index is 11.3. The van der Waals surface area contributed by atoms with E-state index in [2.05, 4.69) is 11.3 Å². The Morgan fingerprint density at radius 3 is 2.25 bits per heavy atom. The van der Waals surface area contributed by atoms with Gasteiger partial charge in [-0.05, 0) is 17.9 Å². The molecule has 0 aliphatic carbocycles. The molecule has 0 aromatic carbocycles. The lowest BCUT2D eigenvalue weighted by molar-refractivity contribution is -0.147. The molecule has 0 aromatic heterocycles. The van der Waals surface area contributed by atoms with Crippen molar-refractivity contribution < 1.29 is 19.1 Å². The van der Waals surface area contributed by atoms with Gasteiger partial charge in [0, 0.05) is 6.08 Å². The fourth-order valence-electron chi connectivity index (χ4n) is 0.816. The second-order valence-corrected chi connectivity index (χ2v) is 4.45. The first-order valence-corrected chi connectivity index (χ1v) is 4.93. The summed E-state index contributed by atoms with van der Waals surface area (Å²) in [4.78, 5) is 22.3. The number of carbonyl (C=O) groups excluding carboxylic acids is 2. The number of carbonyl (C=O) groups is 2. The van der Waals surface area contributed by atoms with E-state index in [0.29, 0.717) is 6.42 Å². The molecule has 0 radical (unpaired) electrons. The summed E-state index contributed by atoms with van der Waals surface area (Å²) in [6.07, 6.45) is 3.14. The maximum atomic E-state index is 11.3. The standard InChI is InChI=1S/C12H18O4/c1-6-10(13)16-9(11(14)15-5)7-8-12(2,3)4/h6-7H,1,8H2,2-5H3. The molecular weight excluding hydrogens is 208 g/mol. The van der Waals surface area contributed by atoms with Crippen LogP contribution in [0.4, 0.5) is 0 Å². The van der Waals surface area contributed by atoms with E-state index in [1.54, 1.807) is 6.08 Å². The molecule has 0 amide bonds. The van der Waals surface area contributed by atoms with E-state index in [0.717, 1.165) is 6.08 Å². The number of ether oxygens (including phenoxy) is 2. The highest BCUT2D eigenvalue weighted by Crippen LogP contribution is 2.20. The van der Waals surface area contributed by atoms with Crippen LogP contribution in [0.15, 0.2) is 24.5 Å². The van der Waals surface area contributed by atoms with Crippen LogP contribution in [0.1, 0.15) is 27.2 Å². The van der Waals surface area contributed by atoms with Gasteiger partial charge in [0.05, 0.1) is 7.11 Å². The van der Waals surface area contributed by atoms with Gasteiger partial charge in [-0.2, -0.15) is 0 Å². The first-order valence-electron chi connectivity index (χ1n) is 4.93. The van der Waals surface area contributed by atoms with E-state index in [1.165, 1.54) is 7.11 Å². The summed E-state index contributed by atoms with van der Waals surface area (Å²) in [5.41, 5.74) is -0.000141. The molecule has 0 bridgehead atoms. The highest BCUT2D eigenvalue weighted by molar-refractivity contribution is 5.92. The quantitative estimate of drug-likeness (QED) is 0.419. The lowest BCUT2D eigenvalue weighted by Gasteiger charge is -2.15. The molecule has 0 fully saturated rings. The Kier molecular flexibility index (Phi) is 5.50. The second-order valence-electron chi connectivity index (χ2n) is 4.45. The van der Waals surface area contributed by atoms with Gasteiger partial charge < -0.3 is 9.47 Å². The van der Waals surface area contributed by atoms with Crippen molar-refractivity contribution in [2.75, 3.05) is 7.11 Å². The fourth-order valence-corrected chi connectivity index (χ4v) is 0.816. The molecule has 0 atom stereocenters. The van der Waals surface area contributed by atoms with Crippen molar-refractivity contribution in [3.63, 3.8) is 0 Å². The smallest absolute Gasteiger partial charge is 0.373 e. The van der Waals surface area contributed by atoms with E-state index in [4.69, 9.17) is 4.74 Å². The van der Waals surface area contributed by atoms with Crippen LogP contribution in [0.5, 0.6) is 0 Å². The molecule has 0 saturated carbocycles. The van der Waals surface area contributed by atoms with Crippen molar-refractivity contribution in [3.05, 3.63) is 24.5 Å². The van der Waals surface area contributed by atoms with Crippen molar-refractivity contribution in [1.82, 2.24) is 0 Å². The van der Waals surface area contributed by atoms with Crippen molar-refractivity contribution in [2.24, 2.45) is 5.41 Å². The summed E-state index contributed by atoms with van der Waals surface area (Å²) in [5, 5.41) is 0. The molecule has 90 valence electrons. The summed E-state index contributed by atoms with van der Waals surface area (Å²) in [6.45, 7) is 9.28. The summed E-state index contributed by atoms with van der Waals surface area (Å²) in [6, 6.07) is 0. The van der Waals surface area contributed by atoms with E-state index >= 15 is 0 Å². The topological polar surface area (TPSA) is 52.6 Å². The zero-order valence-electron chi connectivity index (χ0n) is 10.2. The number of esters is 2. The Labute approximate surface area is 95.9 Å². The largest absolute Gasteiger partial charge is 0.463 e. The van der Waals surface area contributed by atoms with Crippen LogP contribution in [0.25, 0.3) is 0 Å². The zero-order valence-corrected chi connectivity index (χ0v) is 10.2. The Bertz CT molecular complexity index is 307. The van der Waals surface area contributed by atoms with Gasteiger partial charge in [-0.1, -0.05) is 27.4 Å². The van der Waals surface area contributed by atoms with Crippen LogP contribution in [0, 0.1) is 5.41 Å². The first-order chi connectivity index (χ1) is 7.30. The first kappa shape index (κ1) is 14.4. The van der Waals surface area contributed by atoms with Gasteiger partial charge in [0.25, 0.3) is 0 Å². The maximum Gasteiger partial charge on any atom is 0.373 e. The predicted octanol–water partition coefficient (Wildman–Crippen LogP) is 2.21. The molecular formula is C12H18O4. The molecule has 0 heterocycles. The lowest BCUT2D eigenvalue weighted by atomic mass is 9.92. The third kappa shape index (κ3) is 6.01. The second kappa shape index (κ2) is 6.10. The van der Waals surface area contributed by atoms with Crippen LogP contribution in [-0.2, 0) is 19.1 Å². The van der Waals surface area contributed by atoms with E-state index < -0.39 is 11.9 Å². The number of hydrogen-bond acceptors (Lipinski definition) is 4. The minimum absolute atomic E-state index is 0.000141. The highest BCUT2D eigenvalue weighted by atomic mass is 16.6. The molecule has 16 heavy (non-hydrogen) atoms. The van der Waals surface area contributed by atoms with Gasteiger partial charge in [-0.25, -0.2) is 9.59 Å². The van der Waals surface area contributed by atoms with Crippen LogP contribution in [0.3, 0.4) is 0 Å². The Balaban J connectivity index is 4.73. The third-order valence-electron chi connectivity index (χ3n) is 1.66. The van der Waals surface area contributed by atoms with Crippen LogP contribution in [-0.4, -0.2) is 19.0 Å². The molecule has 0 aliphatic heterocycles. The van der Waals surface area contributed by atoms with Gasteiger partial charge in [-0.15, -0.1) is 0 Å². The monoisotopic (exact) mass is 226 g/mol. The normalized spacial score (nSPS) is 11.9. The minimum atomic E-state index is -0.675. The number of hydrogen-bond donors (Lipinski definition) is 0. The van der Waals surface area contributed by atoms with Crippen LogP contribution < -0.4 is 0 Å². The van der Waals surface area contributed by atoms with Crippen LogP contribution >= 0.6 is 0 Å². The van der Waals surface area contributed by atoms with Crippen molar-refractivity contribution >= 4 is 11.9 Å². The van der Waals surface area contributed by atoms with Gasteiger partial charge in [-0.3, -0.25) is 0 Å². The van der Waals surface area contributed by atoms with Gasteiger partial charge >= 0.3 is 11.9 Å². The number of allylic oxidation sites excluding steroid dienone is 1. The van der Waals surface area contributed by atoms with Gasteiger partial charge in [0.1, 0.15) is 0 Å². The molecule has 0 saturated heterocycles. The van der Waals surface area contributed by atoms with Crippen molar-refractivity contribution in [1.29, 1.82) is 0 Å². The Morgan fingerprint density at radius 2 is 1.88 bits per heavy atom. The van der Waals surface area contributed by atoms with E-state index in [1.807, 2.05) is 20.8 Å². The summed E-state index contributed by atoms with van der Waals surface area (Å²) < 4.78 is 9.28. The average Bonchev–Trinajstić information content (AvgIpc) is 2.21. The average molecular weight is 226 g/mol. The van der Waals surface area contributed by atoms with Crippen molar-refractivity contribution in [2.45, 2.75) is 27.2 Å². The summed E-state index contributed by atoms with van der Waals surface area (Å²) >= 11 is 0.